The second-order valence-corrected chi connectivity index (χ2v) is 6.79. The Labute approximate surface area is 168 Å². The van der Waals surface area contributed by atoms with Crippen molar-refractivity contribution >= 4 is 47.2 Å². The third kappa shape index (κ3) is 5.95. The average molecular weight is 417 g/mol. The van der Waals surface area contributed by atoms with Crippen LogP contribution in [0.15, 0.2) is 59.0 Å². The van der Waals surface area contributed by atoms with Crippen LogP contribution in [0.25, 0.3) is 11.3 Å². The highest BCUT2D eigenvalue weighted by Gasteiger charge is 2.07. The molecule has 3 rings (SSSR count). The summed E-state index contributed by atoms with van der Waals surface area (Å²) < 4.78 is 5.85. The van der Waals surface area contributed by atoms with Gasteiger partial charge < -0.3 is 9.73 Å². The minimum atomic E-state index is 0. The molecule has 0 atom stereocenters. The number of hydrogen-bond donors (Lipinski definition) is 1. The molecule has 0 unspecified atom stereocenters. The van der Waals surface area contributed by atoms with E-state index < -0.39 is 0 Å². The summed E-state index contributed by atoms with van der Waals surface area (Å²) in [5, 5.41) is 5.32. The highest BCUT2D eigenvalue weighted by Crippen LogP contribution is 2.28. The molecule has 0 aliphatic heterocycles. The van der Waals surface area contributed by atoms with E-state index in [2.05, 4.69) is 5.32 Å². The number of benzene rings is 2. The molecule has 0 spiro atoms. The van der Waals surface area contributed by atoms with Crippen molar-refractivity contribution in [3.63, 3.8) is 0 Å². The lowest BCUT2D eigenvalue weighted by Gasteiger charge is -2.04. The summed E-state index contributed by atoms with van der Waals surface area (Å²) in [7, 11) is 0. The summed E-state index contributed by atoms with van der Waals surface area (Å²) in [6, 6.07) is 17.2. The van der Waals surface area contributed by atoms with Crippen molar-refractivity contribution in [3.8, 4) is 11.3 Å². The van der Waals surface area contributed by atoms with Gasteiger partial charge in [0.1, 0.15) is 11.5 Å². The van der Waals surface area contributed by atoms with Crippen LogP contribution in [-0.4, -0.2) is 6.54 Å². The molecule has 25 heavy (non-hydrogen) atoms. The Bertz CT molecular complexity index is 794. The van der Waals surface area contributed by atoms with E-state index in [-0.39, 0.29) is 12.4 Å². The second-order valence-electron chi connectivity index (χ2n) is 5.48. The number of hydrogen-bond acceptors (Lipinski definition) is 2. The van der Waals surface area contributed by atoms with Crippen molar-refractivity contribution in [2.75, 3.05) is 6.54 Å². The van der Waals surface area contributed by atoms with E-state index in [9.17, 15) is 0 Å². The maximum Gasteiger partial charge on any atom is 0.134 e. The van der Waals surface area contributed by atoms with Gasteiger partial charge in [-0.25, -0.2) is 0 Å². The maximum atomic E-state index is 6.03. The van der Waals surface area contributed by atoms with Crippen LogP contribution in [0.2, 0.25) is 15.1 Å². The van der Waals surface area contributed by atoms with Crippen molar-refractivity contribution in [2.24, 2.45) is 0 Å². The molecule has 0 saturated heterocycles. The largest absolute Gasteiger partial charge is 0.460 e. The highest BCUT2D eigenvalue weighted by molar-refractivity contribution is 6.35. The van der Waals surface area contributed by atoms with E-state index in [0.29, 0.717) is 16.6 Å². The van der Waals surface area contributed by atoms with Gasteiger partial charge in [0.25, 0.3) is 0 Å². The smallest absolute Gasteiger partial charge is 0.134 e. The zero-order chi connectivity index (χ0) is 16.9. The van der Waals surface area contributed by atoms with E-state index in [1.807, 2.05) is 48.5 Å². The molecule has 3 aromatic rings. The fourth-order valence-electron chi connectivity index (χ4n) is 2.42. The SMILES string of the molecule is Cl.Clc1ccc(CCNCc2ccc(-c3cc(Cl)cc(Cl)c3)o2)cc1. The highest BCUT2D eigenvalue weighted by atomic mass is 35.5. The Balaban J connectivity index is 0.00000225. The molecule has 132 valence electrons. The first-order valence-corrected chi connectivity index (χ1v) is 8.74. The maximum absolute atomic E-state index is 6.03. The van der Waals surface area contributed by atoms with Crippen LogP contribution in [0.5, 0.6) is 0 Å². The van der Waals surface area contributed by atoms with Crippen molar-refractivity contribution in [3.05, 3.63) is 81.0 Å². The van der Waals surface area contributed by atoms with Crippen molar-refractivity contribution in [1.82, 2.24) is 5.32 Å². The van der Waals surface area contributed by atoms with Gasteiger partial charge in [0, 0.05) is 20.6 Å². The third-order valence-electron chi connectivity index (χ3n) is 3.61. The fraction of sp³-hybridized carbons (Fsp3) is 0.158. The Morgan fingerprint density at radius 3 is 2.16 bits per heavy atom. The molecule has 6 heteroatoms. The Kier molecular flexibility index (Phi) is 7.67. The van der Waals surface area contributed by atoms with Crippen LogP contribution < -0.4 is 5.32 Å². The Morgan fingerprint density at radius 1 is 0.800 bits per heavy atom. The topological polar surface area (TPSA) is 25.2 Å². The molecule has 0 aliphatic rings. The van der Waals surface area contributed by atoms with E-state index in [4.69, 9.17) is 39.2 Å². The van der Waals surface area contributed by atoms with Crippen molar-refractivity contribution < 1.29 is 4.42 Å². The molecule has 0 saturated carbocycles. The molecule has 0 amide bonds. The lowest BCUT2D eigenvalue weighted by Crippen LogP contribution is -2.16. The first-order valence-electron chi connectivity index (χ1n) is 7.60. The van der Waals surface area contributed by atoms with Gasteiger partial charge >= 0.3 is 0 Å². The first kappa shape index (κ1) is 20.2. The van der Waals surface area contributed by atoms with E-state index in [1.54, 1.807) is 6.07 Å². The number of furan rings is 1. The van der Waals surface area contributed by atoms with Gasteiger partial charge in [0.15, 0.2) is 0 Å². The zero-order valence-corrected chi connectivity index (χ0v) is 16.4. The van der Waals surface area contributed by atoms with Crippen molar-refractivity contribution in [1.29, 1.82) is 0 Å². The predicted molar refractivity (Wildman–Crippen MR) is 108 cm³/mol. The van der Waals surface area contributed by atoms with Gasteiger partial charge in [-0.05, 0) is 61.0 Å². The second kappa shape index (κ2) is 9.51. The van der Waals surface area contributed by atoms with E-state index in [0.717, 1.165) is 35.1 Å². The van der Waals surface area contributed by atoms with Gasteiger partial charge in [-0.2, -0.15) is 0 Å². The van der Waals surface area contributed by atoms with Crippen molar-refractivity contribution in [2.45, 2.75) is 13.0 Å². The molecule has 0 fully saturated rings. The molecule has 2 nitrogen and oxygen atoms in total. The van der Waals surface area contributed by atoms with Crippen LogP contribution >= 0.6 is 47.2 Å². The average Bonchev–Trinajstić information content (AvgIpc) is 3.01. The van der Waals surface area contributed by atoms with E-state index >= 15 is 0 Å². The van der Waals surface area contributed by atoms with Crippen LogP contribution in [0, 0.1) is 0 Å². The summed E-state index contributed by atoms with van der Waals surface area (Å²) in [6.07, 6.45) is 0.939. The normalized spacial score (nSPS) is 10.5. The van der Waals surface area contributed by atoms with Crippen LogP contribution in [0.1, 0.15) is 11.3 Å². The lowest BCUT2D eigenvalue weighted by atomic mass is 10.1. The molecular weight excluding hydrogens is 400 g/mol. The number of rotatable bonds is 6. The Morgan fingerprint density at radius 2 is 1.48 bits per heavy atom. The van der Waals surface area contributed by atoms with Gasteiger partial charge in [-0.1, -0.05) is 46.9 Å². The summed E-state index contributed by atoms with van der Waals surface area (Å²) in [5.74, 6) is 1.63. The number of halogens is 4. The minimum absolute atomic E-state index is 0. The predicted octanol–water partition coefficient (Wildman–Crippen LogP) is 6.66. The summed E-state index contributed by atoms with van der Waals surface area (Å²) in [4.78, 5) is 0. The molecule has 1 heterocycles. The zero-order valence-electron chi connectivity index (χ0n) is 13.3. The van der Waals surface area contributed by atoms with E-state index in [1.165, 1.54) is 5.56 Å². The van der Waals surface area contributed by atoms with Gasteiger partial charge in [-0.15, -0.1) is 12.4 Å². The Hall–Kier alpha value is -1.16. The van der Waals surface area contributed by atoms with Gasteiger partial charge in [0.05, 0.1) is 6.54 Å². The quantitative estimate of drug-likeness (QED) is 0.454. The lowest BCUT2D eigenvalue weighted by molar-refractivity contribution is 0.495. The monoisotopic (exact) mass is 415 g/mol. The minimum Gasteiger partial charge on any atom is -0.460 e. The van der Waals surface area contributed by atoms with Crippen LogP contribution in [0.3, 0.4) is 0 Å². The van der Waals surface area contributed by atoms with Crippen LogP contribution in [-0.2, 0) is 13.0 Å². The molecule has 2 aromatic carbocycles. The molecule has 1 aromatic heterocycles. The van der Waals surface area contributed by atoms with Gasteiger partial charge in [-0.3, -0.25) is 0 Å². The standard InChI is InChI=1S/C19H16Cl3NO.ClH/c20-15-3-1-13(2-4-15)7-8-23-12-18-5-6-19(24-18)14-9-16(21)11-17(22)10-14;/h1-6,9-11,23H,7-8,12H2;1H. The molecule has 1 N–H and O–H groups in total. The summed E-state index contributed by atoms with van der Waals surface area (Å²) in [5.41, 5.74) is 2.13. The van der Waals surface area contributed by atoms with Gasteiger partial charge in [0.2, 0.25) is 0 Å². The third-order valence-corrected chi connectivity index (χ3v) is 4.30. The molecule has 0 bridgehead atoms. The molecular formula is C19H17Cl4NO. The number of nitrogens with one attached hydrogen (secondary N) is 1. The summed E-state index contributed by atoms with van der Waals surface area (Å²) in [6.45, 7) is 1.53. The first-order chi connectivity index (χ1) is 11.6. The molecule has 0 radical (unpaired) electrons. The summed E-state index contributed by atoms with van der Waals surface area (Å²) >= 11 is 17.9. The fourth-order valence-corrected chi connectivity index (χ4v) is 3.07. The molecule has 0 aliphatic carbocycles. The van der Waals surface area contributed by atoms with Crippen LogP contribution in [0.4, 0.5) is 0 Å².